The Kier molecular flexibility index (Phi) is 4.98. The second-order valence-electron chi connectivity index (χ2n) is 6.61. The number of carbonyl (C=O) groups excluding carboxylic acids is 2. The van der Waals surface area contributed by atoms with E-state index in [2.05, 4.69) is 15.9 Å². The number of benzene rings is 2. The summed E-state index contributed by atoms with van der Waals surface area (Å²) < 4.78 is 6.16. The van der Waals surface area contributed by atoms with E-state index in [1.165, 1.54) is 23.3 Å². The van der Waals surface area contributed by atoms with Crippen LogP contribution in [0.15, 0.2) is 81.4 Å². The lowest BCUT2D eigenvalue weighted by molar-refractivity contribution is -0.140. The number of hydrogen-bond donors (Lipinski definition) is 2. The lowest BCUT2D eigenvalue weighted by atomic mass is 9.95. The van der Waals surface area contributed by atoms with Crippen LogP contribution >= 0.6 is 15.9 Å². The minimum Gasteiger partial charge on any atom is -0.508 e. The number of amides is 1. The van der Waals surface area contributed by atoms with E-state index in [-0.39, 0.29) is 23.6 Å². The Hall–Kier alpha value is -3.32. The van der Waals surface area contributed by atoms with E-state index in [0.717, 1.165) is 4.47 Å². The van der Waals surface area contributed by atoms with Crippen LogP contribution in [0.1, 0.15) is 22.9 Å². The molecule has 2 heterocycles. The first-order valence-corrected chi connectivity index (χ1v) is 9.60. The number of ketones is 1. The van der Waals surface area contributed by atoms with Gasteiger partial charge in [-0.2, -0.15) is 0 Å². The topological polar surface area (TPSA) is 91.0 Å². The largest absolute Gasteiger partial charge is 0.508 e. The molecule has 0 aliphatic carbocycles. The van der Waals surface area contributed by atoms with Gasteiger partial charge in [0.05, 0.1) is 24.4 Å². The average molecular weight is 454 g/mol. The maximum atomic E-state index is 12.9. The van der Waals surface area contributed by atoms with Gasteiger partial charge in [-0.15, -0.1) is 0 Å². The smallest absolute Gasteiger partial charge is 0.296 e. The third-order valence-electron chi connectivity index (χ3n) is 4.75. The number of furan rings is 1. The molecule has 7 heteroatoms. The fourth-order valence-corrected chi connectivity index (χ4v) is 3.68. The molecular weight excluding hydrogens is 438 g/mol. The summed E-state index contributed by atoms with van der Waals surface area (Å²) in [5, 5.41) is 20.9. The molecule has 29 heavy (non-hydrogen) atoms. The second kappa shape index (κ2) is 7.60. The molecule has 0 unspecified atom stereocenters. The van der Waals surface area contributed by atoms with Gasteiger partial charge in [0, 0.05) is 10.0 Å². The highest BCUT2D eigenvalue weighted by Crippen LogP contribution is 2.41. The highest BCUT2D eigenvalue weighted by molar-refractivity contribution is 9.10. The van der Waals surface area contributed by atoms with E-state index in [1.54, 1.807) is 48.5 Å². The van der Waals surface area contributed by atoms with Crippen LogP contribution in [0.5, 0.6) is 5.75 Å². The Morgan fingerprint density at radius 1 is 1.07 bits per heavy atom. The first-order valence-electron chi connectivity index (χ1n) is 8.81. The summed E-state index contributed by atoms with van der Waals surface area (Å²) in [6.45, 7) is 0.0506. The average Bonchev–Trinajstić information content (AvgIpc) is 3.30. The van der Waals surface area contributed by atoms with Crippen LogP contribution in [0.2, 0.25) is 0 Å². The molecule has 0 bridgehead atoms. The molecule has 3 aromatic rings. The van der Waals surface area contributed by atoms with Crippen LogP contribution in [-0.4, -0.2) is 26.8 Å². The first kappa shape index (κ1) is 19.0. The van der Waals surface area contributed by atoms with Crippen LogP contribution in [-0.2, 0) is 16.1 Å². The van der Waals surface area contributed by atoms with E-state index in [1.807, 2.05) is 0 Å². The number of aliphatic hydroxyl groups excluding tert-OH is 1. The summed E-state index contributed by atoms with van der Waals surface area (Å²) in [5.41, 5.74) is 0.887. The van der Waals surface area contributed by atoms with Crippen LogP contribution in [0.4, 0.5) is 0 Å². The zero-order chi connectivity index (χ0) is 20.5. The number of halogens is 1. The predicted molar refractivity (Wildman–Crippen MR) is 109 cm³/mol. The summed E-state index contributed by atoms with van der Waals surface area (Å²) >= 11 is 3.33. The molecular formula is C22H16BrNO5. The molecule has 2 aromatic carbocycles. The summed E-state index contributed by atoms with van der Waals surface area (Å²) in [4.78, 5) is 27.0. The van der Waals surface area contributed by atoms with Gasteiger partial charge in [0.1, 0.15) is 17.3 Å². The first-order chi connectivity index (χ1) is 14.0. The lowest BCUT2D eigenvalue weighted by Gasteiger charge is -2.24. The molecule has 1 aliphatic rings. The number of carbonyl (C=O) groups is 2. The maximum absolute atomic E-state index is 12.9. The summed E-state index contributed by atoms with van der Waals surface area (Å²) in [6, 6.07) is 15.6. The van der Waals surface area contributed by atoms with E-state index in [0.29, 0.717) is 16.9 Å². The summed E-state index contributed by atoms with van der Waals surface area (Å²) in [6.07, 6.45) is 1.48. The number of phenols is 1. The Morgan fingerprint density at radius 3 is 2.48 bits per heavy atom. The van der Waals surface area contributed by atoms with Crippen molar-refractivity contribution in [3.8, 4) is 5.75 Å². The quantitative estimate of drug-likeness (QED) is 0.347. The van der Waals surface area contributed by atoms with Gasteiger partial charge in [-0.3, -0.25) is 9.59 Å². The number of hydrogen-bond acceptors (Lipinski definition) is 5. The van der Waals surface area contributed by atoms with Gasteiger partial charge in [0.2, 0.25) is 0 Å². The third-order valence-corrected chi connectivity index (χ3v) is 5.28. The van der Waals surface area contributed by atoms with Gasteiger partial charge in [0.25, 0.3) is 11.7 Å². The third kappa shape index (κ3) is 3.56. The minimum atomic E-state index is -0.865. The van der Waals surface area contributed by atoms with Crippen molar-refractivity contribution in [3.05, 3.63) is 93.9 Å². The molecule has 1 fully saturated rings. The van der Waals surface area contributed by atoms with Gasteiger partial charge in [-0.05, 0) is 42.0 Å². The molecule has 1 aromatic heterocycles. The molecule has 146 valence electrons. The zero-order valence-electron chi connectivity index (χ0n) is 15.1. The van der Waals surface area contributed by atoms with Gasteiger partial charge < -0.3 is 19.5 Å². The van der Waals surface area contributed by atoms with Gasteiger partial charge in [-0.25, -0.2) is 0 Å². The van der Waals surface area contributed by atoms with Crippen molar-refractivity contribution in [2.75, 3.05) is 0 Å². The molecule has 6 nitrogen and oxygen atoms in total. The molecule has 0 saturated carbocycles. The Labute approximate surface area is 174 Å². The van der Waals surface area contributed by atoms with Crippen molar-refractivity contribution < 1.29 is 24.2 Å². The van der Waals surface area contributed by atoms with Crippen LogP contribution in [0, 0.1) is 0 Å². The molecule has 1 aliphatic heterocycles. The number of nitrogens with zero attached hydrogens (tertiary/aromatic N) is 1. The van der Waals surface area contributed by atoms with E-state index in [4.69, 9.17) is 4.42 Å². The summed E-state index contributed by atoms with van der Waals surface area (Å²) in [7, 11) is 0. The van der Waals surface area contributed by atoms with E-state index < -0.39 is 17.7 Å². The van der Waals surface area contributed by atoms with Crippen molar-refractivity contribution in [2.45, 2.75) is 12.6 Å². The number of aliphatic hydroxyl groups is 1. The fraction of sp³-hybridized carbons (Fsp3) is 0.0909. The molecule has 0 spiro atoms. The lowest BCUT2D eigenvalue weighted by Crippen LogP contribution is -2.29. The highest BCUT2D eigenvalue weighted by atomic mass is 79.9. The fourth-order valence-electron chi connectivity index (χ4n) is 3.42. The van der Waals surface area contributed by atoms with Gasteiger partial charge >= 0.3 is 0 Å². The standard InChI is InChI=1S/C22H16BrNO5/c23-15-8-6-13(7-9-15)20(26)18-19(14-3-1-4-16(25)11-14)24(22(28)21(18)27)12-17-5-2-10-29-17/h1-11,19,25-26H,12H2/t19-/m1/s1. The van der Waals surface area contributed by atoms with Crippen molar-refractivity contribution in [2.24, 2.45) is 0 Å². The molecule has 1 saturated heterocycles. The number of Topliss-reactive ketones (excluding diaryl/α,β-unsaturated/α-hetero) is 1. The highest BCUT2D eigenvalue weighted by Gasteiger charge is 2.46. The number of likely N-dealkylation sites (tertiary alicyclic amines) is 1. The monoisotopic (exact) mass is 453 g/mol. The molecule has 4 rings (SSSR count). The van der Waals surface area contributed by atoms with Crippen molar-refractivity contribution in [1.82, 2.24) is 4.90 Å². The van der Waals surface area contributed by atoms with Crippen molar-refractivity contribution >= 4 is 33.4 Å². The predicted octanol–water partition coefficient (Wildman–Crippen LogP) is 4.37. The number of rotatable bonds is 4. The van der Waals surface area contributed by atoms with Gasteiger partial charge in [-0.1, -0.05) is 40.2 Å². The molecule has 0 radical (unpaired) electrons. The van der Waals surface area contributed by atoms with Crippen LogP contribution in [0.3, 0.4) is 0 Å². The molecule has 1 atom stereocenters. The minimum absolute atomic E-state index is 0.00488. The Morgan fingerprint density at radius 2 is 1.83 bits per heavy atom. The van der Waals surface area contributed by atoms with Crippen molar-refractivity contribution in [3.63, 3.8) is 0 Å². The Bertz CT molecular complexity index is 1100. The van der Waals surface area contributed by atoms with Crippen LogP contribution in [0.25, 0.3) is 5.76 Å². The maximum Gasteiger partial charge on any atom is 0.296 e. The normalized spacial score (nSPS) is 18.4. The second-order valence-corrected chi connectivity index (χ2v) is 7.52. The Balaban J connectivity index is 1.87. The van der Waals surface area contributed by atoms with E-state index in [9.17, 15) is 19.8 Å². The van der Waals surface area contributed by atoms with Gasteiger partial charge in [0.15, 0.2) is 0 Å². The van der Waals surface area contributed by atoms with E-state index >= 15 is 0 Å². The van der Waals surface area contributed by atoms with Crippen molar-refractivity contribution in [1.29, 1.82) is 0 Å². The number of aromatic hydroxyl groups is 1. The SMILES string of the molecule is O=C1C(=O)N(Cc2ccco2)[C@H](c2cccc(O)c2)C1=C(O)c1ccc(Br)cc1. The summed E-state index contributed by atoms with van der Waals surface area (Å²) in [5.74, 6) is -1.31. The van der Waals surface area contributed by atoms with Crippen LogP contribution < -0.4 is 0 Å². The molecule has 1 amide bonds. The number of phenolic OH excluding ortho intramolecular Hbond substituents is 1. The zero-order valence-corrected chi connectivity index (χ0v) is 16.7. The molecule has 2 N–H and O–H groups in total.